The summed E-state index contributed by atoms with van der Waals surface area (Å²) in [6.07, 6.45) is 1.61. The molecule has 0 radical (unpaired) electrons. The summed E-state index contributed by atoms with van der Waals surface area (Å²) in [7, 11) is 3.99. The number of para-hydroxylation sites is 1. The van der Waals surface area contributed by atoms with Crippen molar-refractivity contribution in [1.82, 2.24) is 5.32 Å². The van der Waals surface area contributed by atoms with Crippen LogP contribution < -0.4 is 15.5 Å². The first-order valence-corrected chi connectivity index (χ1v) is 8.94. The minimum Gasteiger partial charge on any atom is -0.378 e. The summed E-state index contributed by atoms with van der Waals surface area (Å²) in [5, 5.41) is 5.87. The molecule has 0 fully saturated rings. The molecular weight excluding hydrogens is 326 g/mol. The maximum Gasteiger partial charge on any atom is 0.227 e. The fourth-order valence-corrected chi connectivity index (χ4v) is 3.15. The van der Waals surface area contributed by atoms with Crippen LogP contribution in [0, 0.1) is 5.92 Å². The van der Waals surface area contributed by atoms with E-state index in [1.165, 1.54) is 0 Å². The highest BCUT2D eigenvalue weighted by Crippen LogP contribution is 2.27. The largest absolute Gasteiger partial charge is 0.378 e. The average molecular weight is 351 g/mol. The van der Waals surface area contributed by atoms with Crippen LogP contribution in [-0.4, -0.2) is 25.9 Å². The Labute approximate surface area is 154 Å². The van der Waals surface area contributed by atoms with Crippen LogP contribution in [0.2, 0.25) is 0 Å². The summed E-state index contributed by atoms with van der Waals surface area (Å²) in [5.41, 5.74) is 4.22. The summed E-state index contributed by atoms with van der Waals surface area (Å²) in [5.74, 6) is -0.154. The molecule has 0 aromatic heterocycles. The van der Waals surface area contributed by atoms with Crippen LogP contribution in [0.1, 0.15) is 24.0 Å². The van der Waals surface area contributed by atoms with Crippen molar-refractivity contribution in [2.24, 2.45) is 5.92 Å². The Hall–Kier alpha value is -2.82. The molecule has 1 aliphatic rings. The smallest absolute Gasteiger partial charge is 0.227 e. The van der Waals surface area contributed by atoms with Gasteiger partial charge in [-0.1, -0.05) is 30.3 Å². The first kappa shape index (κ1) is 18.0. The SMILES string of the molecule is CN(C)c1ccc(CNC(=O)CC[C@@H]2Cc3ccccc3NC2=O)cc1. The maximum absolute atomic E-state index is 12.2. The highest BCUT2D eigenvalue weighted by molar-refractivity contribution is 5.96. The van der Waals surface area contributed by atoms with Gasteiger partial charge in [0.05, 0.1) is 0 Å². The Morgan fingerprint density at radius 3 is 2.62 bits per heavy atom. The Balaban J connectivity index is 1.46. The predicted octanol–water partition coefficient (Wildman–Crippen LogP) is 2.96. The molecule has 0 saturated carbocycles. The molecule has 1 heterocycles. The van der Waals surface area contributed by atoms with Crippen LogP contribution in [0.3, 0.4) is 0 Å². The second kappa shape index (κ2) is 8.04. The van der Waals surface area contributed by atoms with Crippen LogP contribution in [0.25, 0.3) is 0 Å². The van der Waals surface area contributed by atoms with Gasteiger partial charge in [-0.25, -0.2) is 0 Å². The van der Waals surface area contributed by atoms with Crippen molar-refractivity contribution in [3.8, 4) is 0 Å². The second-order valence-corrected chi connectivity index (χ2v) is 6.92. The Bertz CT molecular complexity index is 784. The van der Waals surface area contributed by atoms with E-state index in [9.17, 15) is 9.59 Å². The summed E-state index contributed by atoms with van der Waals surface area (Å²) in [4.78, 5) is 26.4. The van der Waals surface area contributed by atoms with E-state index in [0.29, 0.717) is 25.8 Å². The molecule has 1 atom stereocenters. The van der Waals surface area contributed by atoms with Gasteiger partial charge in [-0.2, -0.15) is 0 Å². The summed E-state index contributed by atoms with van der Waals surface area (Å²) in [6.45, 7) is 0.506. The van der Waals surface area contributed by atoms with Crippen molar-refractivity contribution in [2.45, 2.75) is 25.8 Å². The fourth-order valence-electron chi connectivity index (χ4n) is 3.15. The Morgan fingerprint density at radius 1 is 1.15 bits per heavy atom. The molecule has 0 unspecified atom stereocenters. The van der Waals surface area contributed by atoms with E-state index in [0.717, 1.165) is 22.5 Å². The summed E-state index contributed by atoms with van der Waals surface area (Å²) in [6, 6.07) is 15.9. The molecular formula is C21H25N3O2. The van der Waals surface area contributed by atoms with Crippen molar-refractivity contribution in [1.29, 1.82) is 0 Å². The van der Waals surface area contributed by atoms with E-state index in [1.54, 1.807) is 0 Å². The van der Waals surface area contributed by atoms with E-state index < -0.39 is 0 Å². The molecule has 136 valence electrons. The first-order chi connectivity index (χ1) is 12.5. The number of carbonyl (C=O) groups excluding carboxylic acids is 2. The van der Waals surface area contributed by atoms with Gasteiger partial charge < -0.3 is 15.5 Å². The van der Waals surface area contributed by atoms with Crippen molar-refractivity contribution in [3.63, 3.8) is 0 Å². The van der Waals surface area contributed by atoms with E-state index in [2.05, 4.69) is 10.6 Å². The van der Waals surface area contributed by atoms with Gasteiger partial charge in [0, 0.05) is 44.4 Å². The highest BCUT2D eigenvalue weighted by Gasteiger charge is 2.26. The van der Waals surface area contributed by atoms with Crippen LogP contribution in [0.5, 0.6) is 0 Å². The monoisotopic (exact) mass is 351 g/mol. The second-order valence-electron chi connectivity index (χ2n) is 6.92. The van der Waals surface area contributed by atoms with E-state index in [-0.39, 0.29) is 17.7 Å². The van der Waals surface area contributed by atoms with Crippen LogP contribution >= 0.6 is 0 Å². The number of fused-ring (bicyclic) bond motifs is 1. The lowest BCUT2D eigenvalue weighted by Gasteiger charge is -2.24. The normalized spacial score (nSPS) is 15.8. The number of nitrogens with one attached hydrogen (secondary N) is 2. The van der Waals surface area contributed by atoms with Gasteiger partial charge >= 0.3 is 0 Å². The lowest BCUT2D eigenvalue weighted by Crippen LogP contribution is -2.31. The predicted molar refractivity (Wildman–Crippen MR) is 104 cm³/mol. The summed E-state index contributed by atoms with van der Waals surface area (Å²) >= 11 is 0. The molecule has 0 aliphatic carbocycles. The molecule has 0 saturated heterocycles. The van der Waals surface area contributed by atoms with Gasteiger partial charge in [0.15, 0.2) is 0 Å². The Kier molecular flexibility index (Phi) is 5.56. The number of amides is 2. The van der Waals surface area contributed by atoms with Gasteiger partial charge in [0.25, 0.3) is 0 Å². The van der Waals surface area contributed by atoms with Crippen molar-refractivity contribution < 1.29 is 9.59 Å². The van der Waals surface area contributed by atoms with Gasteiger partial charge in [-0.05, 0) is 42.2 Å². The minimum atomic E-state index is -0.143. The third-order valence-electron chi connectivity index (χ3n) is 4.77. The van der Waals surface area contributed by atoms with Crippen LogP contribution in [-0.2, 0) is 22.6 Å². The van der Waals surface area contributed by atoms with Gasteiger partial charge in [0.1, 0.15) is 0 Å². The zero-order valence-electron chi connectivity index (χ0n) is 15.3. The highest BCUT2D eigenvalue weighted by atomic mass is 16.2. The van der Waals surface area contributed by atoms with Gasteiger partial charge in [-0.3, -0.25) is 9.59 Å². The number of benzene rings is 2. The zero-order valence-corrected chi connectivity index (χ0v) is 15.3. The topological polar surface area (TPSA) is 61.4 Å². The zero-order chi connectivity index (χ0) is 18.5. The van der Waals surface area contributed by atoms with Gasteiger partial charge in [0.2, 0.25) is 11.8 Å². The van der Waals surface area contributed by atoms with Crippen molar-refractivity contribution >= 4 is 23.2 Å². The van der Waals surface area contributed by atoms with Crippen molar-refractivity contribution in [2.75, 3.05) is 24.3 Å². The number of rotatable bonds is 6. The number of carbonyl (C=O) groups is 2. The Morgan fingerprint density at radius 2 is 1.88 bits per heavy atom. The van der Waals surface area contributed by atoms with Crippen LogP contribution in [0.4, 0.5) is 11.4 Å². The molecule has 2 N–H and O–H groups in total. The lowest BCUT2D eigenvalue weighted by molar-refractivity contribution is -0.122. The van der Waals surface area contributed by atoms with Gasteiger partial charge in [-0.15, -0.1) is 0 Å². The number of anilines is 2. The van der Waals surface area contributed by atoms with E-state index in [4.69, 9.17) is 0 Å². The van der Waals surface area contributed by atoms with Crippen molar-refractivity contribution in [3.05, 3.63) is 59.7 Å². The molecule has 0 bridgehead atoms. The third kappa shape index (κ3) is 4.42. The number of hydrogen-bond donors (Lipinski definition) is 2. The number of hydrogen-bond acceptors (Lipinski definition) is 3. The quantitative estimate of drug-likeness (QED) is 0.841. The minimum absolute atomic E-state index is 0.00998. The maximum atomic E-state index is 12.2. The molecule has 0 spiro atoms. The third-order valence-corrected chi connectivity index (χ3v) is 4.77. The number of nitrogens with zero attached hydrogens (tertiary/aromatic N) is 1. The standard InChI is InChI=1S/C21H25N3O2/c1-24(2)18-10-7-15(8-11-18)14-22-20(25)12-9-17-13-16-5-3-4-6-19(16)23-21(17)26/h3-8,10-11,17H,9,12-14H2,1-2H3,(H,22,25)(H,23,26)/t17-/m1/s1. The molecule has 2 amide bonds. The fraction of sp³-hybridized carbons (Fsp3) is 0.333. The molecule has 5 nitrogen and oxygen atoms in total. The molecule has 5 heteroatoms. The van der Waals surface area contributed by atoms with E-state index in [1.807, 2.05) is 67.5 Å². The van der Waals surface area contributed by atoms with Crippen LogP contribution in [0.15, 0.2) is 48.5 Å². The lowest BCUT2D eigenvalue weighted by atomic mass is 9.89. The first-order valence-electron chi connectivity index (χ1n) is 8.94. The molecule has 1 aliphatic heterocycles. The molecule has 2 aromatic carbocycles. The molecule has 26 heavy (non-hydrogen) atoms. The molecule has 2 aromatic rings. The summed E-state index contributed by atoms with van der Waals surface area (Å²) < 4.78 is 0. The van der Waals surface area contributed by atoms with E-state index >= 15 is 0 Å². The average Bonchev–Trinajstić information content (AvgIpc) is 2.65. The molecule has 3 rings (SSSR count).